The second kappa shape index (κ2) is 5.48. The summed E-state index contributed by atoms with van der Waals surface area (Å²) in [5, 5.41) is 1.56. The van der Waals surface area contributed by atoms with Crippen LogP contribution in [0.3, 0.4) is 0 Å². The van der Waals surface area contributed by atoms with E-state index in [0.29, 0.717) is 22.4 Å². The van der Waals surface area contributed by atoms with E-state index in [2.05, 4.69) is 0 Å². The lowest BCUT2D eigenvalue weighted by Crippen LogP contribution is -2.17. The summed E-state index contributed by atoms with van der Waals surface area (Å²) >= 11 is 0. The van der Waals surface area contributed by atoms with Crippen molar-refractivity contribution in [2.75, 3.05) is 7.11 Å². The van der Waals surface area contributed by atoms with E-state index in [9.17, 15) is 9.59 Å². The van der Waals surface area contributed by atoms with E-state index in [1.54, 1.807) is 24.4 Å². The highest BCUT2D eigenvalue weighted by molar-refractivity contribution is 5.83. The van der Waals surface area contributed by atoms with Crippen molar-refractivity contribution in [2.45, 2.75) is 6.92 Å². The standard InChI is InChI=1S/C18H15NO3/c1-12-3-5-16-13(9-12)7-8-19(18(16)21)15-4-6-17(22-2)14(10-15)11-20/h3-11H,1-2H3. The van der Waals surface area contributed by atoms with Gasteiger partial charge in [0.05, 0.1) is 12.7 Å². The Balaban J connectivity index is 2.22. The van der Waals surface area contributed by atoms with E-state index in [-0.39, 0.29) is 5.56 Å². The zero-order valence-electron chi connectivity index (χ0n) is 12.4. The minimum absolute atomic E-state index is 0.112. The number of fused-ring (bicyclic) bond motifs is 1. The highest BCUT2D eigenvalue weighted by Gasteiger charge is 2.08. The van der Waals surface area contributed by atoms with Gasteiger partial charge in [-0.2, -0.15) is 0 Å². The van der Waals surface area contributed by atoms with Crippen molar-refractivity contribution in [1.29, 1.82) is 0 Å². The molecule has 1 aromatic heterocycles. The van der Waals surface area contributed by atoms with E-state index >= 15 is 0 Å². The first kappa shape index (κ1) is 14.1. The number of methoxy groups -OCH3 is 1. The molecule has 3 rings (SSSR count). The Bertz CT molecular complexity index is 925. The second-order valence-electron chi connectivity index (χ2n) is 5.13. The minimum atomic E-state index is -0.112. The third kappa shape index (κ3) is 2.29. The molecule has 4 heteroatoms. The monoisotopic (exact) mass is 293 g/mol. The molecule has 3 aromatic rings. The van der Waals surface area contributed by atoms with Crippen LogP contribution in [0.15, 0.2) is 53.5 Å². The van der Waals surface area contributed by atoms with Crippen LogP contribution in [0, 0.1) is 6.92 Å². The van der Waals surface area contributed by atoms with Gasteiger partial charge in [0, 0.05) is 17.3 Å². The molecule has 0 aliphatic rings. The van der Waals surface area contributed by atoms with Crippen LogP contribution in [-0.2, 0) is 0 Å². The summed E-state index contributed by atoms with van der Waals surface area (Å²) in [4.78, 5) is 23.8. The third-order valence-electron chi connectivity index (χ3n) is 3.68. The first-order valence-corrected chi connectivity index (χ1v) is 6.89. The van der Waals surface area contributed by atoms with Crippen molar-refractivity contribution in [3.05, 3.63) is 70.1 Å². The summed E-state index contributed by atoms with van der Waals surface area (Å²) < 4.78 is 6.65. The molecule has 0 N–H and O–H groups in total. The van der Waals surface area contributed by atoms with Gasteiger partial charge in [-0.25, -0.2) is 0 Å². The number of benzene rings is 2. The molecule has 0 bridgehead atoms. The molecule has 0 saturated heterocycles. The molecule has 1 heterocycles. The van der Waals surface area contributed by atoms with Gasteiger partial charge in [0.2, 0.25) is 0 Å². The van der Waals surface area contributed by atoms with E-state index in [0.717, 1.165) is 17.2 Å². The normalized spacial score (nSPS) is 10.6. The maximum Gasteiger partial charge on any atom is 0.262 e. The number of carbonyl (C=O) groups excluding carboxylic acids is 1. The predicted octanol–water partition coefficient (Wildman–Crippen LogP) is 3.12. The molecule has 0 aliphatic heterocycles. The smallest absolute Gasteiger partial charge is 0.262 e. The number of nitrogens with zero attached hydrogens (tertiary/aromatic N) is 1. The summed E-state index contributed by atoms with van der Waals surface area (Å²) in [5.74, 6) is 0.489. The van der Waals surface area contributed by atoms with Crippen molar-refractivity contribution in [2.24, 2.45) is 0 Å². The first-order valence-electron chi connectivity index (χ1n) is 6.89. The van der Waals surface area contributed by atoms with Gasteiger partial charge in [-0.1, -0.05) is 17.7 Å². The van der Waals surface area contributed by atoms with E-state index in [1.807, 2.05) is 31.2 Å². The maximum atomic E-state index is 12.6. The highest BCUT2D eigenvalue weighted by Crippen LogP contribution is 2.20. The average molecular weight is 293 g/mol. The fourth-order valence-electron chi connectivity index (χ4n) is 2.53. The van der Waals surface area contributed by atoms with E-state index in [1.165, 1.54) is 11.7 Å². The summed E-state index contributed by atoms with van der Waals surface area (Å²) in [6.07, 6.45) is 2.44. The molecule has 0 fully saturated rings. The van der Waals surface area contributed by atoms with Crippen LogP contribution in [0.4, 0.5) is 0 Å². The molecule has 22 heavy (non-hydrogen) atoms. The largest absolute Gasteiger partial charge is 0.496 e. The van der Waals surface area contributed by atoms with Gasteiger partial charge in [-0.05, 0) is 42.6 Å². The Hall–Kier alpha value is -2.88. The average Bonchev–Trinajstić information content (AvgIpc) is 2.54. The van der Waals surface area contributed by atoms with E-state index in [4.69, 9.17) is 4.74 Å². The fourth-order valence-corrected chi connectivity index (χ4v) is 2.53. The lowest BCUT2D eigenvalue weighted by Gasteiger charge is -2.10. The number of ether oxygens (including phenoxy) is 1. The van der Waals surface area contributed by atoms with Crippen molar-refractivity contribution < 1.29 is 9.53 Å². The Morgan fingerprint density at radius 1 is 1.09 bits per heavy atom. The van der Waals surface area contributed by atoms with Crippen LogP contribution >= 0.6 is 0 Å². The minimum Gasteiger partial charge on any atom is -0.496 e. The van der Waals surface area contributed by atoms with Crippen molar-refractivity contribution in [1.82, 2.24) is 4.57 Å². The topological polar surface area (TPSA) is 48.3 Å². The summed E-state index contributed by atoms with van der Waals surface area (Å²) in [6, 6.07) is 12.7. The Kier molecular flexibility index (Phi) is 3.51. The zero-order valence-corrected chi connectivity index (χ0v) is 12.4. The van der Waals surface area contributed by atoms with Crippen molar-refractivity contribution in [3.63, 3.8) is 0 Å². The number of carbonyl (C=O) groups is 1. The van der Waals surface area contributed by atoms with Crippen LogP contribution in [0.1, 0.15) is 15.9 Å². The molecule has 2 aromatic carbocycles. The predicted molar refractivity (Wildman–Crippen MR) is 86.2 cm³/mol. The van der Waals surface area contributed by atoms with Crippen LogP contribution in [-0.4, -0.2) is 18.0 Å². The van der Waals surface area contributed by atoms with Gasteiger partial charge < -0.3 is 4.74 Å². The summed E-state index contributed by atoms with van der Waals surface area (Å²) in [7, 11) is 1.51. The molecule has 0 aliphatic carbocycles. The number of pyridine rings is 1. The number of hydrogen-bond donors (Lipinski definition) is 0. The summed E-state index contributed by atoms with van der Waals surface area (Å²) in [6.45, 7) is 1.99. The summed E-state index contributed by atoms with van der Waals surface area (Å²) in [5.41, 5.74) is 2.04. The van der Waals surface area contributed by atoms with Crippen molar-refractivity contribution >= 4 is 17.1 Å². The Morgan fingerprint density at radius 2 is 1.91 bits per heavy atom. The first-order chi connectivity index (χ1) is 10.6. The Morgan fingerprint density at radius 3 is 2.64 bits per heavy atom. The number of hydrogen-bond acceptors (Lipinski definition) is 3. The quantitative estimate of drug-likeness (QED) is 0.697. The molecule has 0 unspecified atom stereocenters. The number of aryl methyl sites for hydroxylation is 1. The molecule has 110 valence electrons. The number of aldehydes is 1. The molecular formula is C18H15NO3. The second-order valence-corrected chi connectivity index (χ2v) is 5.13. The van der Waals surface area contributed by atoms with Crippen LogP contribution < -0.4 is 10.3 Å². The van der Waals surface area contributed by atoms with Gasteiger partial charge in [-0.15, -0.1) is 0 Å². The van der Waals surface area contributed by atoms with E-state index < -0.39 is 0 Å². The van der Waals surface area contributed by atoms with Crippen LogP contribution in [0.5, 0.6) is 5.75 Å². The lowest BCUT2D eigenvalue weighted by atomic mass is 10.1. The number of rotatable bonds is 3. The molecule has 0 spiro atoms. The maximum absolute atomic E-state index is 12.6. The molecule has 0 saturated carbocycles. The molecule has 4 nitrogen and oxygen atoms in total. The van der Waals surface area contributed by atoms with Gasteiger partial charge in [-0.3, -0.25) is 14.2 Å². The van der Waals surface area contributed by atoms with Crippen LogP contribution in [0.2, 0.25) is 0 Å². The fraction of sp³-hybridized carbons (Fsp3) is 0.111. The van der Waals surface area contributed by atoms with Gasteiger partial charge in [0.1, 0.15) is 5.75 Å². The van der Waals surface area contributed by atoms with Gasteiger partial charge >= 0.3 is 0 Å². The third-order valence-corrected chi connectivity index (χ3v) is 3.68. The van der Waals surface area contributed by atoms with Gasteiger partial charge in [0.15, 0.2) is 6.29 Å². The molecule has 0 atom stereocenters. The van der Waals surface area contributed by atoms with Gasteiger partial charge in [0.25, 0.3) is 5.56 Å². The lowest BCUT2D eigenvalue weighted by molar-refractivity contribution is 0.112. The zero-order chi connectivity index (χ0) is 15.7. The molecular weight excluding hydrogens is 278 g/mol. The van der Waals surface area contributed by atoms with Crippen LogP contribution in [0.25, 0.3) is 16.5 Å². The highest BCUT2D eigenvalue weighted by atomic mass is 16.5. The number of aromatic nitrogens is 1. The van der Waals surface area contributed by atoms with Crippen molar-refractivity contribution in [3.8, 4) is 11.4 Å². The SMILES string of the molecule is COc1ccc(-n2ccc3cc(C)ccc3c2=O)cc1C=O. The molecule has 0 amide bonds. The Labute approximate surface area is 127 Å². The molecule has 0 radical (unpaired) electrons.